The fourth-order valence-electron chi connectivity index (χ4n) is 1.86. The molecule has 0 bridgehead atoms. The molecule has 1 unspecified atom stereocenters. The van der Waals surface area contributed by atoms with Crippen LogP contribution in [0.4, 0.5) is 0 Å². The van der Waals surface area contributed by atoms with Crippen molar-refractivity contribution in [1.82, 2.24) is 9.97 Å². The van der Waals surface area contributed by atoms with E-state index in [0.29, 0.717) is 19.1 Å². The molecule has 0 aliphatic heterocycles. The first-order valence-corrected chi connectivity index (χ1v) is 8.48. The Morgan fingerprint density at radius 1 is 1.30 bits per heavy atom. The lowest BCUT2D eigenvalue weighted by Gasteiger charge is -2.24. The van der Waals surface area contributed by atoms with Gasteiger partial charge in [-0.2, -0.15) is 0 Å². The summed E-state index contributed by atoms with van der Waals surface area (Å²) in [7, 11) is 2.27. The zero-order chi connectivity index (χ0) is 14.8. The van der Waals surface area contributed by atoms with Crippen molar-refractivity contribution in [2.75, 3.05) is 34.5 Å². The molecule has 1 rings (SSSR count). The molecule has 2 N–H and O–H groups in total. The summed E-state index contributed by atoms with van der Waals surface area (Å²) in [4.78, 5) is 6.99. The van der Waals surface area contributed by atoms with Crippen LogP contribution in [0, 0.1) is 0 Å². The standard InChI is InChI=1S/C12H24N2O5Si/c1-16-20(17-2,18-3)8-4-7-19-10-11(15)9-12-13-5-6-14-12/h5-6,11,15H,4,7-10H2,1-3H3,(H,13,14). The molecule has 0 aromatic carbocycles. The predicted octanol–water partition coefficient (Wildman–Crippen LogP) is 0.598. The molecule has 0 aliphatic carbocycles. The van der Waals surface area contributed by atoms with Crippen molar-refractivity contribution in [2.24, 2.45) is 0 Å². The SMILES string of the molecule is CO[Si](CCCOCC(O)Cc1ncc[nH]1)(OC)OC. The number of hydrogen-bond donors (Lipinski definition) is 2. The molecule has 1 heterocycles. The van der Waals surface area contributed by atoms with E-state index in [1.807, 2.05) is 0 Å². The van der Waals surface area contributed by atoms with E-state index in [-0.39, 0.29) is 6.61 Å². The second kappa shape index (κ2) is 9.22. The summed E-state index contributed by atoms with van der Waals surface area (Å²) in [6, 6.07) is 0.685. The van der Waals surface area contributed by atoms with Crippen LogP contribution in [0.25, 0.3) is 0 Å². The number of nitrogens with one attached hydrogen (secondary N) is 1. The summed E-state index contributed by atoms with van der Waals surface area (Å²) in [5.41, 5.74) is 0. The van der Waals surface area contributed by atoms with Crippen molar-refractivity contribution in [3.05, 3.63) is 18.2 Å². The summed E-state index contributed by atoms with van der Waals surface area (Å²) < 4.78 is 21.4. The maximum atomic E-state index is 9.77. The van der Waals surface area contributed by atoms with Gasteiger partial charge >= 0.3 is 8.80 Å². The van der Waals surface area contributed by atoms with Crippen molar-refractivity contribution >= 4 is 8.80 Å². The Kier molecular flexibility index (Phi) is 7.96. The van der Waals surface area contributed by atoms with Crippen LogP contribution in [0.3, 0.4) is 0 Å². The van der Waals surface area contributed by atoms with Gasteiger partial charge in [0.15, 0.2) is 0 Å². The van der Waals surface area contributed by atoms with Crippen molar-refractivity contribution in [3.63, 3.8) is 0 Å². The van der Waals surface area contributed by atoms with Gasteiger partial charge in [0, 0.05) is 52.8 Å². The molecule has 8 heteroatoms. The number of aromatic nitrogens is 2. The first kappa shape index (κ1) is 17.3. The number of rotatable bonds is 11. The fraction of sp³-hybridized carbons (Fsp3) is 0.750. The summed E-state index contributed by atoms with van der Waals surface area (Å²) in [6.45, 7) is 0.808. The van der Waals surface area contributed by atoms with Gasteiger partial charge in [0.2, 0.25) is 0 Å². The van der Waals surface area contributed by atoms with E-state index in [0.717, 1.165) is 12.2 Å². The van der Waals surface area contributed by atoms with Crippen molar-refractivity contribution in [2.45, 2.75) is 25.0 Å². The fourth-order valence-corrected chi connectivity index (χ4v) is 3.55. The molecule has 20 heavy (non-hydrogen) atoms. The van der Waals surface area contributed by atoms with Gasteiger partial charge in [-0.1, -0.05) is 0 Å². The highest BCUT2D eigenvalue weighted by Crippen LogP contribution is 2.14. The van der Waals surface area contributed by atoms with Crippen LogP contribution in [-0.4, -0.2) is 64.5 Å². The molecule has 7 nitrogen and oxygen atoms in total. The van der Waals surface area contributed by atoms with Crippen molar-refractivity contribution in [3.8, 4) is 0 Å². The first-order chi connectivity index (χ1) is 9.65. The number of nitrogens with zero attached hydrogens (tertiary/aromatic N) is 1. The zero-order valence-electron chi connectivity index (χ0n) is 12.3. The van der Waals surface area contributed by atoms with Crippen LogP contribution in [0.5, 0.6) is 0 Å². The lowest BCUT2D eigenvalue weighted by atomic mass is 10.2. The van der Waals surface area contributed by atoms with E-state index < -0.39 is 14.9 Å². The van der Waals surface area contributed by atoms with Crippen LogP contribution >= 0.6 is 0 Å². The molecule has 0 radical (unpaired) electrons. The van der Waals surface area contributed by atoms with Gasteiger partial charge < -0.3 is 28.1 Å². The Labute approximate surface area is 120 Å². The second-order valence-corrected chi connectivity index (χ2v) is 7.46. The van der Waals surface area contributed by atoms with Gasteiger partial charge in [-0.15, -0.1) is 0 Å². The van der Waals surface area contributed by atoms with E-state index >= 15 is 0 Å². The highest BCUT2D eigenvalue weighted by Gasteiger charge is 2.36. The Balaban J connectivity index is 2.12. The molecule has 1 aromatic rings. The van der Waals surface area contributed by atoms with E-state index in [2.05, 4.69) is 9.97 Å². The van der Waals surface area contributed by atoms with Crippen LogP contribution in [0.2, 0.25) is 6.04 Å². The molecule has 116 valence electrons. The highest BCUT2D eigenvalue weighted by molar-refractivity contribution is 6.60. The molecule has 0 spiro atoms. The third-order valence-electron chi connectivity index (χ3n) is 3.00. The first-order valence-electron chi connectivity index (χ1n) is 6.55. The third kappa shape index (κ3) is 5.69. The maximum absolute atomic E-state index is 9.77. The minimum absolute atomic E-state index is 0.280. The Morgan fingerprint density at radius 2 is 2.00 bits per heavy atom. The van der Waals surface area contributed by atoms with E-state index in [1.165, 1.54) is 0 Å². The number of aliphatic hydroxyl groups excluding tert-OH is 1. The minimum Gasteiger partial charge on any atom is -0.390 e. The monoisotopic (exact) mass is 304 g/mol. The number of aliphatic hydroxyl groups is 1. The summed E-state index contributed by atoms with van der Waals surface area (Å²) in [6.07, 6.45) is 4.05. The lowest BCUT2D eigenvalue weighted by Crippen LogP contribution is -2.42. The normalized spacial score (nSPS) is 13.6. The van der Waals surface area contributed by atoms with E-state index in [1.54, 1.807) is 33.7 Å². The smallest absolute Gasteiger partial charge is 0.390 e. The van der Waals surface area contributed by atoms with Gasteiger partial charge in [0.25, 0.3) is 0 Å². The average Bonchev–Trinajstić information content (AvgIpc) is 2.96. The lowest BCUT2D eigenvalue weighted by molar-refractivity contribution is 0.0344. The quantitative estimate of drug-likeness (QED) is 0.460. The van der Waals surface area contributed by atoms with Gasteiger partial charge in [-0.05, 0) is 6.42 Å². The van der Waals surface area contributed by atoms with E-state index in [4.69, 9.17) is 18.0 Å². The topological polar surface area (TPSA) is 85.8 Å². The minimum atomic E-state index is -2.50. The van der Waals surface area contributed by atoms with Crippen molar-refractivity contribution in [1.29, 1.82) is 0 Å². The van der Waals surface area contributed by atoms with Crippen LogP contribution in [0.1, 0.15) is 12.2 Å². The van der Waals surface area contributed by atoms with Crippen LogP contribution in [0.15, 0.2) is 12.4 Å². The summed E-state index contributed by atoms with van der Waals surface area (Å²) in [5.74, 6) is 0.755. The highest BCUT2D eigenvalue weighted by atomic mass is 28.4. The van der Waals surface area contributed by atoms with Gasteiger partial charge in [-0.25, -0.2) is 4.98 Å². The van der Waals surface area contributed by atoms with E-state index in [9.17, 15) is 5.11 Å². The molecule has 1 atom stereocenters. The molecule has 1 aromatic heterocycles. The number of hydrogen-bond acceptors (Lipinski definition) is 6. The third-order valence-corrected chi connectivity index (χ3v) is 5.83. The maximum Gasteiger partial charge on any atom is 0.500 e. The molecular weight excluding hydrogens is 280 g/mol. The average molecular weight is 304 g/mol. The summed E-state index contributed by atoms with van der Waals surface area (Å²) in [5, 5.41) is 9.77. The zero-order valence-corrected chi connectivity index (χ0v) is 13.3. The Morgan fingerprint density at radius 3 is 2.55 bits per heavy atom. The second-order valence-electron chi connectivity index (χ2n) is 4.37. The molecule has 0 fully saturated rings. The van der Waals surface area contributed by atoms with Crippen LogP contribution < -0.4 is 0 Å². The van der Waals surface area contributed by atoms with Crippen LogP contribution in [-0.2, 0) is 24.4 Å². The van der Waals surface area contributed by atoms with Gasteiger partial charge in [-0.3, -0.25) is 0 Å². The van der Waals surface area contributed by atoms with Gasteiger partial charge in [0.05, 0.1) is 12.7 Å². The largest absolute Gasteiger partial charge is 0.500 e. The number of ether oxygens (including phenoxy) is 1. The Bertz CT molecular complexity index is 337. The number of H-pyrrole nitrogens is 1. The molecule has 0 saturated carbocycles. The molecule has 0 saturated heterocycles. The Hall–Kier alpha value is -0.773. The number of imidazole rings is 1. The molecule has 0 aliphatic rings. The molecule has 0 amide bonds. The summed E-state index contributed by atoms with van der Waals surface area (Å²) >= 11 is 0. The predicted molar refractivity (Wildman–Crippen MR) is 75.3 cm³/mol. The molecular formula is C12H24N2O5Si. The number of aromatic amines is 1. The van der Waals surface area contributed by atoms with Crippen molar-refractivity contribution < 1.29 is 23.1 Å². The van der Waals surface area contributed by atoms with Gasteiger partial charge in [0.1, 0.15) is 5.82 Å².